The average molecular weight is 946 g/mol. The number of hydrogen-bond acceptors (Lipinski definition) is 1. The van der Waals surface area contributed by atoms with Crippen molar-refractivity contribution in [1.82, 2.24) is 0 Å². The van der Waals surface area contributed by atoms with Crippen molar-refractivity contribution in [3.63, 3.8) is 0 Å². The van der Waals surface area contributed by atoms with Crippen molar-refractivity contribution < 1.29 is 0 Å². The van der Waals surface area contributed by atoms with Gasteiger partial charge in [-0.3, -0.25) is 0 Å². The highest BCUT2D eigenvalue weighted by atomic mass is 15.1. The maximum Gasteiger partial charge on any atom is 0.329 e. The number of nitrogens with zero attached hydrogens (tertiary/aromatic N) is 1. The minimum Gasteiger partial charge on any atom is -0.376 e. The molecule has 0 saturated heterocycles. The Labute approximate surface area is 434 Å². The second-order valence-corrected chi connectivity index (χ2v) is 27.9. The Morgan fingerprint density at radius 1 is 0.431 bits per heavy atom. The first kappa shape index (κ1) is 47.7. The highest BCUT2D eigenvalue weighted by Crippen LogP contribution is 2.57. The molecule has 1 nitrogen and oxygen atoms in total. The van der Waals surface area contributed by atoms with Crippen molar-refractivity contribution in [2.45, 2.75) is 195 Å². The summed E-state index contributed by atoms with van der Waals surface area (Å²) in [6, 6.07) is 40.3. The monoisotopic (exact) mass is 946 g/mol. The molecule has 0 N–H and O–H groups in total. The number of fused-ring (bicyclic) bond motifs is 8. The second kappa shape index (κ2) is 15.4. The molecular formula is C70H80BN. The van der Waals surface area contributed by atoms with Gasteiger partial charge in [-0.05, 0) is 246 Å². The van der Waals surface area contributed by atoms with Crippen molar-refractivity contribution in [2.75, 3.05) is 4.81 Å². The number of benzene rings is 7. The third-order valence-corrected chi connectivity index (χ3v) is 20.1. The number of hydrogen-bond donors (Lipinski definition) is 0. The van der Waals surface area contributed by atoms with E-state index in [0.717, 1.165) is 0 Å². The van der Waals surface area contributed by atoms with Crippen LogP contribution in [0.5, 0.6) is 0 Å². The van der Waals surface area contributed by atoms with E-state index in [-0.39, 0.29) is 45.3 Å². The van der Waals surface area contributed by atoms with E-state index in [2.05, 4.69) is 220 Å². The summed E-state index contributed by atoms with van der Waals surface area (Å²) in [5, 5.41) is 2.60. The summed E-state index contributed by atoms with van der Waals surface area (Å²) < 4.78 is 0. The van der Waals surface area contributed by atoms with Crippen molar-refractivity contribution in [3.05, 3.63) is 164 Å². The maximum absolute atomic E-state index is 2.90. The van der Waals surface area contributed by atoms with Crippen molar-refractivity contribution in [1.29, 1.82) is 0 Å². The molecule has 0 aromatic heterocycles. The quantitative estimate of drug-likeness (QED) is 0.160. The smallest absolute Gasteiger partial charge is 0.329 e. The Morgan fingerprint density at radius 3 is 1.51 bits per heavy atom. The molecule has 2 heterocycles. The lowest BCUT2D eigenvalue weighted by Crippen LogP contribution is -2.62. The Bertz CT molecular complexity index is 3470. The van der Waals surface area contributed by atoms with Crippen LogP contribution in [-0.2, 0) is 32.5 Å². The molecule has 0 amide bonds. The molecule has 2 heteroatoms. The third kappa shape index (κ3) is 6.85. The molecule has 12 rings (SSSR count). The summed E-state index contributed by atoms with van der Waals surface area (Å²) in [5.41, 5.74) is 32.1. The summed E-state index contributed by atoms with van der Waals surface area (Å²) in [6.45, 7) is 42.0. The van der Waals surface area contributed by atoms with Gasteiger partial charge in [-0.1, -0.05) is 156 Å². The first-order valence-corrected chi connectivity index (χ1v) is 27.8. The zero-order chi connectivity index (χ0) is 51.1. The Kier molecular flexibility index (Phi) is 10.2. The van der Waals surface area contributed by atoms with Gasteiger partial charge in [0.05, 0.1) is 0 Å². The zero-order valence-corrected chi connectivity index (χ0v) is 47.1. The van der Waals surface area contributed by atoms with E-state index in [1.807, 2.05) is 0 Å². The molecule has 0 bridgehead atoms. The third-order valence-electron chi connectivity index (χ3n) is 20.1. The highest BCUT2D eigenvalue weighted by Gasteiger charge is 2.50. The predicted molar refractivity (Wildman–Crippen MR) is 313 cm³/mol. The van der Waals surface area contributed by atoms with Crippen molar-refractivity contribution in [3.8, 4) is 33.4 Å². The van der Waals surface area contributed by atoms with Crippen LogP contribution in [0.4, 0.5) is 11.4 Å². The molecule has 72 heavy (non-hydrogen) atoms. The van der Waals surface area contributed by atoms with Crippen LogP contribution in [0.3, 0.4) is 0 Å². The van der Waals surface area contributed by atoms with E-state index in [9.17, 15) is 0 Å². The molecule has 2 aliphatic heterocycles. The van der Waals surface area contributed by atoms with Gasteiger partial charge in [0.1, 0.15) is 0 Å². The molecule has 368 valence electrons. The van der Waals surface area contributed by atoms with Gasteiger partial charge in [-0.15, -0.1) is 0 Å². The fourth-order valence-electron chi connectivity index (χ4n) is 15.4. The van der Waals surface area contributed by atoms with Crippen LogP contribution in [0.15, 0.2) is 97.1 Å². The van der Waals surface area contributed by atoms with Crippen LogP contribution in [-0.4, -0.2) is 6.85 Å². The van der Waals surface area contributed by atoms with E-state index >= 15 is 0 Å². The van der Waals surface area contributed by atoms with Crippen molar-refractivity contribution in [2.24, 2.45) is 0 Å². The molecule has 1 atom stereocenters. The summed E-state index contributed by atoms with van der Waals surface area (Å²) in [6.07, 6.45) is 7.14. The molecule has 1 unspecified atom stereocenters. The summed E-state index contributed by atoms with van der Waals surface area (Å²) in [7, 11) is 0. The van der Waals surface area contributed by atoms with Gasteiger partial charge in [-0.25, -0.2) is 0 Å². The Balaban J connectivity index is 1.30. The highest BCUT2D eigenvalue weighted by molar-refractivity contribution is 6.92. The first-order valence-electron chi connectivity index (χ1n) is 27.8. The average Bonchev–Trinajstić information content (AvgIpc) is 3.31. The normalized spacial score (nSPS) is 21.0. The number of anilines is 2. The van der Waals surface area contributed by atoms with Gasteiger partial charge in [0, 0.05) is 22.9 Å². The van der Waals surface area contributed by atoms with Gasteiger partial charge in [0.15, 0.2) is 0 Å². The van der Waals surface area contributed by atoms with Crippen LogP contribution >= 0.6 is 0 Å². The van der Waals surface area contributed by atoms with Gasteiger partial charge >= 0.3 is 6.85 Å². The number of aryl methyl sites for hydroxylation is 4. The maximum atomic E-state index is 2.90. The first-order chi connectivity index (χ1) is 33.7. The molecule has 5 aliphatic rings. The molecule has 3 aliphatic carbocycles. The Morgan fingerprint density at radius 2 is 0.931 bits per heavy atom. The molecule has 0 radical (unpaired) electrons. The molecule has 0 spiro atoms. The van der Waals surface area contributed by atoms with E-state index < -0.39 is 0 Å². The lowest BCUT2D eigenvalue weighted by molar-refractivity contribution is 0.331. The van der Waals surface area contributed by atoms with Crippen LogP contribution < -0.4 is 15.7 Å². The zero-order valence-electron chi connectivity index (χ0n) is 47.1. The minimum absolute atomic E-state index is 0.0378. The SMILES string of the molecule is Cc1cc(C)c(-c2cc3c4c(c2-c2cc5ccccc5cc2C)C(C)c2cc5c(cc2B4N(c2ccc4c(c2)C(C)(C)CCC4(C)C)c2cc4c(cc2-3)C(C)(C)CCC4(C)C)C(C)(C)CCC5(C)C)c(C)c1. The Hall–Kier alpha value is -5.34. The minimum atomic E-state index is -0.0378. The largest absolute Gasteiger partial charge is 0.376 e. The van der Waals surface area contributed by atoms with E-state index in [0.29, 0.717) is 0 Å². The molecule has 7 aromatic rings. The molecule has 0 saturated carbocycles. The lowest BCUT2D eigenvalue weighted by atomic mass is 9.39. The van der Waals surface area contributed by atoms with Crippen molar-refractivity contribution >= 4 is 39.9 Å². The molecule has 7 aromatic carbocycles. The van der Waals surface area contributed by atoms with Gasteiger partial charge in [0.25, 0.3) is 0 Å². The van der Waals surface area contributed by atoms with Crippen LogP contribution in [0.25, 0.3) is 44.2 Å². The van der Waals surface area contributed by atoms with Gasteiger partial charge in [0.2, 0.25) is 0 Å². The lowest BCUT2D eigenvalue weighted by Gasteiger charge is -2.50. The van der Waals surface area contributed by atoms with Crippen LogP contribution in [0.1, 0.15) is 201 Å². The molecule has 0 fully saturated rings. The fourth-order valence-corrected chi connectivity index (χ4v) is 15.4. The van der Waals surface area contributed by atoms with Crippen LogP contribution in [0, 0.1) is 27.7 Å². The standard InChI is InChI=1S/C70H80BN/c1-40-30-42(3)61(43(4)31-40)52-35-51-50-37-56-58(70(16,17)29-27-68(56,12)13)39-60(50)72(47-22-23-53-54(34-47)66(8,9)25-24-65(53,6)7)71-59-38-57-55(67(10,11)26-28-69(57,14)15)36-49(59)44(5)62(64(51)71)63(52)48-33-46-21-19-18-20-45(46)32-41(48)2/h18-23,30-39,44H,24-29H2,1-17H3. The van der Waals surface area contributed by atoms with E-state index in [1.54, 1.807) is 11.1 Å². The van der Waals surface area contributed by atoms with Gasteiger partial charge in [-0.2, -0.15) is 0 Å². The van der Waals surface area contributed by atoms with E-state index in [4.69, 9.17) is 0 Å². The number of rotatable bonds is 3. The molecular weight excluding hydrogens is 866 g/mol. The second-order valence-electron chi connectivity index (χ2n) is 27.9. The summed E-state index contributed by atoms with van der Waals surface area (Å²) >= 11 is 0. The van der Waals surface area contributed by atoms with E-state index in [1.165, 1.54) is 161 Å². The van der Waals surface area contributed by atoms with Crippen LogP contribution in [0.2, 0.25) is 0 Å². The topological polar surface area (TPSA) is 3.24 Å². The van der Waals surface area contributed by atoms with Gasteiger partial charge < -0.3 is 4.81 Å². The summed E-state index contributed by atoms with van der Waals surface area (Å²) in [5.74, 6) is 0.141. The predicted octanol–water partition coefficient (Wildman–Crippen LogP) is 17.8. The fraction of sp³-hybridized carbons (Fsp3) is 0.429. The summed E-state index contributed by atoms with van der Waals surface area (Å²) in [4.78, 5) is 2.90.